The summed E-state index contributed by atoms with van der Waals surface area (Å²) in [6, 6.07) is 9.71. The number of aliphatic hydroxyl groups is 1. The average molecular weight is 330 g/mol. The van der Waals surface area contributed by atoms with Crippen LogP contribution in [0, 0.1) is 13.8 Å². The van der Waals surface area contributed by atoms with Crippen LogP contribution < -0.4 is 10.6 Å². The number of aryl methyl sites for hydroxylation is 2. The number of H-pyrrole nitrogens is 1. The first-order valence-corrected chi connectivity index (χ1v) is 8.22. The van der Waals surface area contributed by atoms with Crippen LogP contribution >= 0.6 is 0 Å². The lowest BCUT2D eigenvalue weighted by Crippen LogP contribution is -2.38. The number of carbonyl (C=O) groups excluding carboxylic acids is 1. The minimum Gasteiger partial charge on any atom is -0.393 e. The lowest BCUT2D eigenvalue weighted by Gasteiger charge is -2.20. The summed E-state index contributed by atoms with van der Waals surface area (Å²) >= 11 is 0. The molecule has 4 N–H and O–H groups in total. The van der Waals surface area contributed by atoms with Gasteiger partial charge in [0, 0.05) is 30.3 Å². The number of aliphatic hydroxyl groups excluding tert-OH is 1. The van der Waals surface area contributed by atoms with Crippen LogP contribution in [0.5, 0.6) is 0 Å². The molecule has 0 saturated heterocycles. The Morgan fingerprint density at radius 2 is 1.96 bits per heavy atom. The van der Waals surface area contributed by atoms with Crippen molar-refractivity contribution in [3.8, 4) is 0 Å². The van der Waals surface area contributed by atoms with E-state index in [0.29, 0.717) is 19.5 Å². The van der Waals surface area contributed by atoms with Gasteiger partial charge in [-0.1, -0.05) is 30.3 Å². The van der Waals surface area contributed by atoms with Gasteiger partial charge in [-0.25, -0.2) is 4.79 Å². The molecule has 2 atom stereocenters. The van der Waals surface area contributed by atoms with Gasteiger partial charge in [-0.15, -0.1) is 0 Å². The summed E-state index contributed by atoms with van der Waals surface area (Å²) in [6.45, 7) is 6.52. The third kappa shape index (κ3) is 5.09. The van der Waals surface area contributed by atoms with E-state index < -0.39 is 6.10 Å². The molecule has 0 aliphatic rings. The van der Waals surface area contributed by atoms with Crippen LogP contribution in [0.25, 0.3) is 0 Å². The number of benzene rings is 1. The fraction of sp³-hybridized carbons (Fsp3) is 0.444. The summed E-state index contributed by atoms with van der Waals surface area (Å²) < 4.78 is 0. The lowest BCUT2D eigenvalue weighted by atomic mass is 9.93. The van der Waals surface area contributed by atoms with Gasteiger partial charge in [-0.3, -0.25) is 5.10 Å². The predicted octanol–water partition coefficient (Wildman–Crippen LogP) is 2.38. The highest BCUT2D eigenvalue weighted by atomic mass is 16.3. The number of aromatic nitrogens is 2. The molecule has 6 heteroatoms. The van der Waals surface area contributed by atoms with Crippen molar-refractivity contribution in [2.75, 3.05) is 6.54 Å². The second-order valence-corrected chi connectivity index (χ2v) is 6.17. The number of rotatable bonds is 7. The number of hydrogen-bond donors (Lipinski definition) is 4. The van der Waals surface area contributed by atoms with Crippen molar-refractivity contribution in [2.24, 2.45) is 0 Å². The molecule has 2 rings (SSSR count). The SMILES string of the molecule is Cc1n[nH]c(C)c1CNC(=O)NCC(CC(C)O)c1ccccc1. The number of amides is 2. The third-order valence-corrected chi connectivity index (χ3v) is 4.11. The summed E-state index contributed by atoms with van der Waals surface area (Å²) in [6.07, 6.45) is 0.181. The fourth-order valence-electron chi connectivity index (χ4n) is 2.76. The van der Waals surface area contributed by atoms with E-state index in [0.717, 1.165) is 22.5 Å². The highest BCUT2D eigenvalue weighted by molar-refractivity contribution is 5.73. The minimum absolute atomic E-state index is 0.0781. The molecular formula is C18H26N4O2. The minimum atomic E-state index is -0.420. The smallest absolute Gasteiger partial charge is 0.315 e. The summed E-state index contributed by atoms with van der Waals surface area (Å²) in [4.78, 5) is 12.1. The van der Waals surface area contributed by atoms with Gasteiger partial charge < -0.3 is 15.7 Å². The van der Waals surface area contributed by atoms with Crippen molar-refractivity contribution >= 4 is 6.03 Å². The molecule has 24 heavy (non-hydrogen) atoms. The molecule has 0 radical (unpaired) electrons. The van der Waals surface area contributed by atoms with Gasteiger partial charge in [-0.05, 0) is 32.8 Å². The number of urea groups is 1. The van der Waals surface area contributed by atoms with Crippen molar-refractivity contribution in [1.29, 1.82) is 0 Å². The first kappa shape index (κ1) is 18.0. The maximum atomic E-state index is 12.1. The van der Waals surface area contributed by atoms with Gasteiger partial charge in [-0.2, -0.15) is 5.10 Å². The Hall–Kier alpha value is -2.34. The molecule has 1 aromatic heterocycles. The summed E-state index contributed by atoms with van der Waals surface area (Å²) in [5.41, 5.74) is 3.97. The summed E-state index contributed by atoms with van der Waals surface area (Å²) in [5.74, 6) is 0.0781. The number of nitrogens with one attached hydrogen (secondary N) is 3. The summed E-state index contributed by atoms with van der Waals surface area (Å²) in [5, 5.41) is 22.5. The van der Waals surface area contributed by atoms with Gasteiger partial charge in [0.25, 0.3) is 0 Å². The van der Waals surface area contributed by atoms with Gasteiger partial charge in [0.1, 0.15) is 0 Å². The molecule has 6 nitrogen and oxygen atoms in total. The maximum absolute atomic E-state index is 12.1. The molecule has 2 amide bonds. The lowest BCUT2D eigenvalue weighted by molar-refractivity contribution is 0.173. The molecular weight excluding hydrogens is 304 g/mol. The van der Waals surface area contributed by atoms with Gasteiger partial charge in [0.05, 0.1) is 11.8 Å². The topological polar surface area (TPSA) is 90.0 Å². The van der Waals surface area contributed by atoms with Crippen LogP contribution in [0.2, 0.25) is 0 Å². The second-order valence-electron chi connectivity index (χ2n) is 6.17. The second kappa shape index (κ2) is 8.49. The number of hydrogen-bond acceptors (Lipinski definition) is 3. The molecule has 2 unspecified atom stereocenters. The Bertz CT molecular complexity index is 633. The Morgan fingerprint density at radius 3 is 2.54 bits per heavy atom. The van der Waals surface area contributed by atoms with E-state index in [1.54, 1.807) is 6.92 Å². The largest absolute Gasteiger partial charge is 0.393 e. The van der Waals surface area contributed by atoms with E-state index in [9.17, 15) is 9.90 Å². The first-order chi connectivity index (χ1) is 11.5. The zero-order chi connectivity index (χ0) is 17.5. The molecule has 0 aliphatic heterocycles. The molecule has 0 saturated carbocycles. The normalized spacial score (nSPS) is 13.3. The van der Waals surface area contributed by atoms with Crippen molar-refractivity contribution in [3.05, 3.63) is 52.8 Å². The van der Waals surface area contributed by atoms with Crippen LogP contribution in [0.15, 0.2) is 30.3 Å². The van der Waals surface area contributed by atoms with Crippen LogP contribution in [0.4, 0.5) is 4.79 Å². The maximum Gasteiger partial charge on any atom is 0.315 e. The Kier molecular flexibility index (Phi) is 6.37. The quantitative estimate of drug-likeness (QED) is 0.628. The van der Waals surface area contributed by atoms with Crippen LogP contribution in [-0.2, 0) is 6.54 Å². The fourth-order valence-corrected chi connectivity index (χ4v) is 2.76. The zero-order valence-electron chi connectivity index (χ0n) is 14.5. The molecule has 0 fully saturated rings. The van der Waals surface area contributed by atoms with E-state index in [1.807, 2.05) is 44.2 Å². The third-order valence-electron chi connectivity index (χ3n) is 4.11. The standard InChI is InChI=1S/C18H26N4O2/c1-12(23)9-16(15-7-5-4-6-8-15)10-19-18(24)20-11-17-13(2)21-22-14(17)3/h4-8,12,16,23H,9-11H2,1-3H3,(H,21,22)(H2,19,20,24). The molecule has 0 aliphatic carbocycles. The Balaban J connectivity index is 1.88. The highest BCUT2D eigenvalue weighted by Gasteiger charge is 2.15. The Labute approximate surface area is 142 Å². The number of aromatic amines is 1. The molecule has 1 aromatic carbocycles. The van der Waals surface area contributed by atoms with E-state index in [2.05, 4.69) is 20.8 Å². The average Bonchev–Trinajstić information content (AvgIpc) is 2.88. The molecule has 2 aromatic rings. The van der Waals surface area contributed by atoms with Gasteiger partial charge in [0.2, 0.25) is 0 Å². The van der Waals surface area contributed by atoms with E-state index in [4.69, 9.17) is 0 Å². The molecule has 0 spiro atoms. The monoisotopic (exact) mass is 330 g/mol. The first-order valence-electron chi connectivity index (χ1n) is 8.22. The van der Waals surface area contributed by atoms with E-state index in [1.165, 1.54) is 0 Å². The number of carbonyl (C=O) groups is 1. The Morgan fingerprint density at radius 1 is 1.25 bits per heavy atom. The zero-order valence-corrected chi connectivity index (χ0v) is 14.5. The van der Waals surface area contributed by atoms with Crippen LogP contribution in [0.3, 0.4) is 0 Å². The van der Waals surface area contributed by atoms with Crippen molar-refractivity contribution in [2.45, 2.75) is 45.8 Å². The van der Waals surface area contributed by atoms with Crippen molar-refractivity contribution < 1.29 is 9.90 Å². The molecule has 0 bridgehead atoms. The predicted molar refractivity (Wildman–Crippen MR) is 93.8 cm³/mol. The highest BCUT2D eigenvalue weighted by Crippen LogP contribution is 2.20. The van der Waals surface area contributed by atoms with E-state index in [-0.39, 0.29) is 11.9 Å². The van der Waals surface area contributed by atoms with Crippen LogP contribution in [-0.4, -0.2) is 34.0 Å². The summed E-state index contributed by atoms with van der Waals surface area (Å²) in [7, 11) is 0. The number of nitrogens with zero attached hydrogens (tertiary/aromatic N) is 1. The van der Waals surface area contributed by atoms with Crippen molar-refractivity contribution in [3.63, 3.8) is 0 Å². The van der Waals surface area contributed by atoms with Gasteiger partial charge in [0.15, 0.2) is 0 Å². The van der Waals surface area contributed by atoms with Crippen molar-refractivity contribution in [1.82, 2.24) is 20.8 Å². The van der Waals surface area contributed by atoms with Crippen LogP contribution in [0.1, 0.15) is 41.8 Å². The van der Waals surface area contributed by atoms with Gasteiger partial charge >= 0.3 is 6.03 Å². The molecule has 1 heterocycles. The van der Waals surface area contributed by atoms with E-state index >= 15 is 0 Å². The molecule has 130 valence electrons.